The summed E-state index contributed by atoms with van der Waals surface area (Å²) in [5, 5.41) is 8.95. The number of sulfonamides is 1. The lowest BCUT2D eigenvalue weighted by Gasteiger charge is -2.12. The second-order valence-electron chi connectivity index (χ2n) is 4.53. The summed E-state index contributed by atoms with van der Waals surface area (Å²) in [6, 6.07) is -1.31. The zero-order valence-corrected chi connectivity index (χ0v) is 12.3. The van der Waals surface area contributed by atoms with Gasteiger partial charge in [-0.2, -0.15) is 4.72 Å². The molecule has 2 rings (SSSR count). The van der Waals surface area contributed by atoms with E-state index in [1.807, 2.05) is 0 Å². The molecule has 21 heavy (non-hydrogen) atoms. The molecule has 0 unspecified atom stereocenters. The van der Waals surface area contributed by atoms with E-state index in [0.717, 1.165) is 0 Å². The average Bonchev–Trinajstić information content (AvgIpc) is 3.00. The summed E-state index contributed by atoms with van der Waals surface area (Å²) in [6.45, 7) is 1.65. The number of aromatic amines is 1. The standard InChI is InChI=1S/C11H15N5O4S/c1-7-14-10(5-16(7)2)21(19,20)15-9(11(17)18)3-8-4-12-6-13-8/h4-6,9,15H,3H2,1-2H3,(H,12,13)(H,17,18)/t9-/m0/s1. The maximum Gasteiger partial charge on any atom is 0.322 e. The molecule has 0 aliphatic heterocycles. The molecule has 2 aromatic heterocycles. The lowest BCUT2D eigenvalue weighted by Crippen LogP contribution is -2.42. The fraction of sp³-hybridized carbons (Fsp3) is 0.364. The summed E-state index contributed by atoms with van der Waals surface area (Å²) in [4.78, 5) is 21.6. The molecular formula is C11H15N5O4S. The van der Waals surface area contributed by atoms with Gasteiger partial charge in [-0.05, 0) is 6.92 Å². The van der Waals surface area contributed by atoms with E-state index in [4.69, 9.17) is 5.11 Å². The van der Waals surface area contributed by atoms with Crippen molar-refractivity contribution in [3.05, 3.63) is 30.2 Å². The van der Waals surface area contributed by atoms with Gasteiger partial charge in [-0.1, -0.05) is 0 Å². The zero-order valence-electron chi connectivity index (χ0n) is 11.4. The smallest absolute Gasteiger partial charge is 0.322 e. The highest BCUT2D eigenvalue weighted by Crippen LogP contribution is 2.10. The molecule has 0 saturated carbocycles. The predicted octanol–water partition coefficient (Wildman–Crippen LogP) is -0.574. The number of aliphatic carboxylic acids is 1. The third-order valence-electron chi connectivity index (χ3n) is 2.94. The first kappa shape index (κ1) is 15.2. The van der Waals surface area contributed by atoms with E-state index in [0.29, 0.717) is 11.5 Å². The van der Waals surface area contributed by atoms with E-state index in [1.54, 1.807) is 18.5 Å². The first-order valence-electron chi connectivity index (χ1n) is 6.02. The molecule has 0 aliphatic carbocycles. The second kappa shape index (κ2) is 5.66. The van der Waals surface area contributed by atoms with Crippen LogP contribution in [-0.4, -0.2) is 45.1 Å². The number of hydrogen-bond acceptors (Lipinski definition) is 5. The van der Waals surface area contributed by atoms with Gasteiger partial charge in [0.05, 0.1) is 6.33 Å². The third kappa shape index (κ3) is 3.47. The monoisotopic (exact) mass is 313 g/mol. The van der Waals surface area contributed by atoms with Gasteiger partial charge in [0, 0.05) is 31.6 Å². The van der Waals surface area contributed by atoms with Crippen LogP contribution in [0.5, 0.6) is 0 Å². The lowest BCUT2D eigenvalue weighted by atomic mass is 10.2. The maximum atomic E-state index is 12.2. The van der Waals surface area contributed by atoms with Crippen LogP contribution in [0.1, 0.15) is 11.5 Å². The van der Waals surface area contributed by atoms with Crippen LogP contribution in [0.15, 0.2) is 23.7 Å². The van der Waals surface area contributed by atoms with Crippen molar-refractivity contribution in [2.45, 2.75) is 24.4 Å². The van der Waals surface area contributed by atoms with Gasteiger partial charge < -0.3 is 14.7 Å². The molecular weight excluding hydrogens is 298 g/mol. The minimum atomic E-state index is -4.01. The molecule has 114 valence electrons. The van der Waals surface area contributed by atoms with E-state index in [1.165, 1.54) is 18.7 Å². The van der Waals surface area contributed by atoms with Gasteiger partial charge in [-0.3, -0.25) is 4.79 Å². The Balaban J connectivity index is 2.21. The molecule has 1 atom stereocenters. The van der Waals surface area contributed by atoms with Crippen molar-refractivity contribution in [2.24, 2.45) is 7.05 Å². The molecule has 2 aromatic rings. The number of carbonyl (C=O) groups is 1. The van der Waals surface area contributed by atoms with Crippen molar-refractivity contribution in [1.82, 2.24) is 24.2 Å². The van der Waals surface area contributed by atoms with Crippen LogP contribution in [0, 0.1) is 6.92 Å². The molecule has 3 N–H and O–H groups in total. The summed E-state index contributed by atoms with van der Waals surface area (Å²) in [6.07, 6.45) is 4.12. The Labute approximate surface area is 121 Å². The summed E-state index contributed by atoms with van der Waals surface area (Å²) in [7, 11) is -2.35. The number of rotatable bonds is 6. The quantitative estimate of drug-likeness (QED) is 0.654. The van der Waals surface area contributed by atoms with Crippen LogP contribution in [0.4, 0.5) is 0 Å². The summed E-state index contributed by atoms with van der Waals surface area (Å²) < 4.78 is 28.0. The van der Waals surface area contributed by atoms with Crippen LogP contribution in [0.2, 0.25) is 0 Å². The highest BCUT2D eigenvalue weighted by atomic mass is 32.2. The third-order valence-corrected chi connectivity index (χ3v) is 4.28. The van der Waals surface area contributed by atoms with Crippen molar-refractivity contribution in [1.29, 1.82) is 0 Å². The van der Waals surface area contributed by atoms with Crippen molar-refractivity contribution in [3.8, 4) is 0 Å². The SMILES string of the molecule is Cc1nc(S(=O)(=O)N[C@@H](Cc2cnc[nH]2)C(=O)O)cn1C. The molecule has 0 spiro atoms. The van der Waals surface area contributed by atoms with E-state index < -0.39 is 22.0 Å². The molecule has 0 fully saturated rings. The van der Waals surface area contributed by atoms with Gasteiger partial charge in [-0.25, -0.2) is 18.4 Å². The number of nitrogens with one attached hydrogen (secondary N) is 2. The number of carboxylic acids is 1. The molecule has 0 saturated heterocycles. The van der Waals surface area contributed by atoms with Gasteiger partial charge in [-0.15, -0.1) is 0 Å². The Kier molecular flexibility index (Phi) is 4.09. The van der Waals surface area contributed by atoms with Crippen molar-refractivity contribution >= 4 is 16.0 Å². The van der Waals surface area contributed by atoms with Crippen LogP contribution in [0.25, 0.3) is 0 Å². The molecule has 10 heteroatoms. The minimum absolute atomic E-state index is 0.0413. The number of aromatic nitrogens is 4. The van der Waals surface area contributed by atoms with Gasteiger partial charge in [0.2, 0.25) is 0 Å². The van der Waals surface area contributed by atoms with E-state index in [-0.39, 0.29) is 11.4 Å². The number of hydrogen-bond donors (Lipinski definition) is 3. The summed E-state index contributed by atoms with van der Waals surface area (Å²) >= 11 is 0. The molecule has 0 amide bonds. The molecule has 0 aliphatic rings. The Bertz CT molecular complexity index is 715. The largest absolute Gasteiger partial charge is 0.480 e. The fourth-order valence-corrected chi connectivity index (χ4v) is 2.93. The predicted molar refractivity (Wildman–Crippen MR) is 72.0 cm³/mol. The molecule has 9 nitrogen and oxygen atoms in total. The van der Waals surface area contributed by atoms with Gasteiger partial charge in [0.25, 0.3) is 10.0 Å². The van der Waals surface area contributed by atoms with Crippen LogP contribution >= 0.6 is 0 Å². The van der Waals surface area contributed by atoms with Crippen molar-refractivity contribution < 1.29 is 18.3 Å². The number of imidazole rings is 2. The second-order valence-corrected chi connectivity index (χ2v) is 6.19. The first-order chi connectivity index (χ1) is 9.79. The lowest BCUT2D eigenvalue weighted by molar-refractivity contribution is -0.138. The Morgan fingerprint density at radius 2 is 2.29 bits per heavy atom. The number of aryl methyl sites for hydroxylation is 2. The van der Waals surface area contributed by atoms with Crippen LogP contribution < -0.4 is 4.72 Å². The van der Waals surface area contributed by atoms with Crippen molar-refractivity contribution in [2.75, 3.05) is 0 Å². The Morgan fingerprint density at radius 3 is 2.76 bits per heavy atom. The molecule has 0 aromatic carbocycles. The maximum absolute atomic E-state index is 12.2. The summed E-state index contributed by atoms with van der Waals surface area (Å²) in [5.74, 6) is -0.767. The number of nitrogens with zero attached hydrogens (tertiary/aromatic N) is 3. The van der Waals surface area contributed by atoms with E-state index >= 15 is 0 Å². The highest BCUT2D eigenvalue weighted by Gasteiger charge is 2.27. The fourth-order valence-electron chi connectivity index (χ4n) is 1.70. The van der Waals surface area contributed by atoms with Crippen molar-refractivity contribution in [3.63, 3.8) is 0 Å². The van der Waals surface area contributed by atoms with E-state index in [9.17, 15) is 13.2 Å². The Morgan fingerprint density at radius 1 is 1.57 bits per heavy atom. The van der Waals surface area contributed by atoms with Gasteiger partial charge >= 0.3 is 5.97 Å². The number of carboxylic acid groups (broad SMARTS) is 1. The average molecular weight is 313 g/mol. The highest BCUT2D eigenvalue weighted by molar-refractivity contribution is 7.89. The first-order valence-corrected chi connectivity index (χ1v) is 7.50. The minimum Gasteiger partial charge on any atom is -0.480 e. The van der Waals surface area contributed by atoms with Gasteiger partial charge in [0.1, 0.15) is 11.9 Å². The molecule has 2 heterocycles. The Hall–Kier alpha value is -2.20. The van der Waals surface area contributed by atoms with E-state index in [2.05, 4.69) is 19.7 Å². The zero-order chi connectivity index (χ0) is 15.6. The topological polar surface area (TPSA) is 130 Å². The van der Waals surface area contributed by atoms with Gasteiger partial charge in [0.15, 0.2) is 5.03 Å². The molecule has 0 bridgehead atoms. The van der Waals surface area contributed by atoms with Crippen LogP contribution in [0.3, 0.4) is 0 Å². The normalized spacial score (nSPS) is 13.2. The number of H-pyrrole nitrogens is 1. The molecule has 0 radical (unpaired) electrons. The van der Waals surface area contributed by atoms with Crippen LogP contribution in [-0.2, 0) is 28.3 Å². The summed E-state index contributed by atoms with van der Waals surface area (Å²) in [5.41, 5.74) is 0.516.